The van der Waals surface area contributed by atoms with E-state index in [2.05, 4.69) is 26.2 Å². The van der Waals surface area contributed by atoms with E-state index in [0.29, 0.717) is 16.3 Å². The Morgan fingerprint density at radius 3 is 2.61 bits per heavy atom. The Morgan fingerprint density at radius 1 is 1.35 bits per heavy atom. The summed E-state index contributed by atoms with van der Waals surface area (Å²) in [6.45, 7) is 1.98. The lowest BCUT2D eigenvalue weighted by atomic mass is 10.2. The number of carbonyl (C=O) groups excluding carboxylic acids is 1. The van der Waals surface area contributed by atoms with Crippen LogP contribution in [0.2, 0.25) is 0 Å². The number of hydrogen-bond acceptors (Lipinski definition) is 4. The molecule has 23 heavy (non-hydrogen) atoms. The molecule has 0 spiro atoms. The van der Waals surface area contributed by atoms with Gasteiger partial charge in [0.15, 0.2) is 15.9 Å². The van der Waals surface area contributed by atoms with Crippen LogP contribution >= 0.6 is 15.9 Å². The Hall–Kier alpha value is -1.90. The Bertz CT molecular complexity index is 906. The fourth-order valence-electron chi connectivity index (χ4n) is 2.76. The maximum Gasteiger partial charge on any atom is 0.332 e. The second-order valence-corrected chi connectivity index (χ2v) is 6.75. The van der Waals surface area contributed by atoms with Crippen molar-refractivity contribution >= 4 is 33.0 Å². The van der Waals surface area contributed by atoms with Gasteiger partial charge >= 0.3 is 5.69 Å². The van der Waals surface area contributed by atoms with E-state index >= 15 is 0 Å². The highest BCUT2D eigenvalue weighted by molar-refractivity contribution is 9.10. The van der Waals surface area contributed by atoms with Crippen LogP contribution in [0.3, 0.4) is 0 Å². The Balaban J connectivity index is 2.00. The SMILES string of the molecule is CC(NC(=O)Cn1c(Br)nc2c(=O)n(C)c(=O)n(C)c21)C1CC1. The third-order valence-electron chi connectivity index (χ3n) is 4.31. The van der Waals surface area contributed by atoms with E-state index in [-0.39, 0.29) is 24.0 Å². The number of aryl methyl sites for hydroxylation is 1. The fourth-order valence-corrected chi connectivity index (χ4v) is 3.23. The number of aromatic nitrogens is 4. The average Bonchev–Trinajstić information content (AvgIpc) is 3.29. The molecule has 1 N–H and O–H groups in total. The number of fused-ring (bicyclic) bond motifs is 1. The van der Waals surface area contributed by atoms with Gasteiger partial charge in [-0.1, -0.05) is 0 Å². The molecule has 0 aromatic carbocycles. The lowest BCUT2D eigenvalue weighted by Gasteiger charge is -2.14. The number of carbonyl (C=O) groups is 1. The summed E-state index contributed by atoms with van der Waals surface area (Å²) < 4.78 is 4.21. The summed E-state index contributed by atoms with van der Waals surface area (Å²) in [5.41, 5.74) is -0.444. The zero-order valence-electron chi connectivity index (χ0n) is 13.2. The molecule has 2 heterocycles. The van der Waals surface area contributed by atoms with Crippen molar-refractivity contribution in [3.05, 3.63) is 25.6 Å². The minimum absolute atomic E-state index is 0.00537. The van der Waals surface area contributed by atoms with Crippen molar-refractivity contribution in [2.75, 3.05) is 0 Å². The zero-order chi connectivity index (χ0) is 16.9. The predicted octanol–water partition coefficient (Wildman–Crippen LogP) is 0.111. The quantitative estimate of drug-likeness (QED) is 0.758. The van der Waals surface area contributed by atoms with Crippen molar-refractivity contribution in [3.63, 3.8) is 0 Å². The first kappa shape index (κ1) is 16.0. The topological polar surface area (TPSA) is 90.9 Å². The average molecular weight is 384 g/mol. The molecule has 1 saturated carbocycles. The first-order valence-electron chi connectivity index (χ1n) is 7.42. The molecule has 1 aliphatic rings. The number of hydrogen-bond donors (Lipinski definition) is 1. The summed E-state index contributed by atoms with van der Waals surface area (Å²) >= 11 is 3.27. The van der Waals surface area contributed by atoms with Gasteiger partial charge in [-0.25, -0.2) is 9.78 Å². The first-order chi connectivity index (χ1) is 10.8. The lowest BCUT2D eigenvalue weighted by molar-refractivity contribution is -0.122. The largest absolute Gasteiger partial charge is 0.352 e. The van der Waals surface area contributed by atoms with Crippen LogP contribution in [0.15, 0.2) is 14.3 Å². The number of amides is 1. The molecule has 2 aromatic heterocycles. The van der Waals surface area contributed by atoms with Crippen molar-refractivity contribution in [3.8, 4) is 0 Å². The van der Waals surface area contributed by atoms with Gasteiger partial charge in [-0.2, -0.15) is 0 Å². The Morgan fingerprint density at radius 2 is 2.00 bits per heavy atom. The second kappa shape index (κ2) is 5.63. The molecule has 1 atom stereocenters. The first-order valence-corrected chi connectivity index (χ1v) is 8.21. The maximum atomic E-state index is 12.2. The molecular weight excluding hydrogens is 366 g/mol. The van der Waals surface area contributed by atoms with Gasteiger partial charge in [0, 0.05) is 20.1 Å². The fraction of sp³-hybridized carbons (Fsp3) is 0.571. The molecular formula is C14H18BrN5O3. The van der Waals surface area contributed by atoms with E-state index in [1.807, 2.05) is 6.92 Å². The zero-order valence-corrected chi connectivity index (χ0v) is 14.8. The molecule has 1 amide bonds. The van der Waals surface area contributed by atoms with Gasteiger partial charge in [-0.05, 0) is 41.6 Å². The summed E-state index contributed by atoms with van der Waals surface area (Å²) in [6, 6.07) is 0.132. The van der Waals surface area contributed by atoms with Crippen LogP contribution in [-0.2, 0) is 25.4 Å². The summed E-state index contributed by atoms with van der Waals surface area (Å²) in [5.74, 6) is 0.385. The van der Waals surface area contributed by atoms with Crippen LogP contribution in [0.5, 0.6) is 0 Å². The van der Waals surface area contributed by atoms with Crippen LogP contribution in [0.4, 0.5) is 0 Å². The minimum atomic E-state index is -0.477. The Kier molecular flexibility index (Phi) is 3.91. The molecule has 2 aromatic rings. The number of halogens is 1. The van der Waals surface area contributed by atoms with E-state index in [1.54, 1.807) is 7.05 Å². The molecule has 0 saturated heterocycles. The maximum absolute atomic E-state index is 12.2. The lowest BCUT2D eigenvalue weighted by Crippen LogP contribution is -2.39. The summed E-state index contributed by atoms with van der Waals surface area (Å²) in [4.78, 5) is 40.7. The summed E-state index contributed by atoms with van der Waals surface area (Å²) in [5, 5.41) is 2.95. The molecule has 1 unspecified atom stereocenters. The van der Waals surface area contributed by atoms with Crippen LogP contribution < -0.4 is 16.6 Å². The highest BCUT2D eigenvalue weighted by Gasteiger charge is 2.29. The molecule has 124 valence electrons. The molecule has 1 aliphatic carbocycles. The van der Waals surface area contributed by atoms with E-state index in [9.17, 15) is 14.4 Å². The van der Waals surface area contributed by atoms with Crippen molar-refractivity contribution in [2.45, 2.75) is 32.4 Å². The third-order valence-corrected chi connectivity index (χ3v) is 4.92. The van der Waals surface area contributed by atoms with Crippen molar-refractivity contribution in [1.82, 2.24) is 24.0 Å². The molecule has 1 fully saturated rings. The van der Waals surface area contributed by atoms with Gasteiger partial charge < -0.3 is 5.32 Å². The highest BCUT2D eigenvalue weighted by atomic mass is 79.9. The van der Waals surface area contributed by atoms with Crippen molar-refractivity contribution in [2.24, 2.45) is 20.0 Å². The van der Waals surface area contributed by atoms with Crippen LogP contribution in [-0.4, -0.2) is 30.6 Å². The van der Waals surface area contributed by atoms with E-state index in [0.717, 1.165) is 17.4 Å². The van der Waals surface area contributed by atoms with Gasteiger partial charge in [0.25, 0.3) is 5.56 Å². The van der Waals surface area contributed by atoms with Gasteiger partial charge in [-0.15, -0.1) is 0 Å². The second-order valence-electron chi connectivity index (χ2n) is 6.04. The molecule has 9 heteroatoms. The normalized spacial score (nSPS) is 15.8. The third kappa shape index (κ3) is 2.73. The van der Waals surface area contributed by atoms with Crippen molar-refractivity contribution < 1.29 is 4.79 Å². The number of nitrogens with one attached hydrogen (secondary N) is 1. The molecule has 3 rings (SSSR count). The molecule has 0 radical (unpaired) electrons. The van der Waals surface area contributed by atoms with E-state index in [4.69, 9.17) is 0 Å². The standard InChI is InChI=1S/C14H18BrN5O3/c1-7(8-4-5-8)16-9(21)6-20-11-10(17-13(20)15)12(22)19(3)14(23)18(11)2/h7-8H,4-6H2,1-3H3,(H,16,21). The molecule has 0 aliphatic heterocycles. The number of rotatable bonds is 4. The predicted molar refractivity (Wildman–Crippen MR) is 88.2 cm³/mol. The van der Waals surface area contributed by atoms with Crippen molar-refractivity contribution in [1.29, 1.82) is 0 Å². The smallest absolute Gasteiger partial charge is 0.332 e. The monoisotopic (exact) mass is 383 g/mol. The van der Waals surface area contributed by atoms with Gasteiger partial charge in [0.1, 0.15) is 6.54 Å². The summed E-state index contributed by atoms with van der Waals surface area (Å²) in [6.07, 6.45) is 2.29. The van der Waals surface area contributed by atoms with Crippen LogP contribution in [0, 0.1) is 5.92 Å². The Labute approximate surface area is 140 Å². The van der Waals surface area contributed by atoms with Gasteiger partial charge in [-0.3, -0.25) is 23.3 Å². The number of imidazole rings is 1. The van der Waals surface area contributed by atoms with Crippen LogP contribution in [0.1, 0.15) is 19.8 Å². The van der Waals surface area contributed by atoms with Crippen LogP contribution in [0.25, 0.3) is 11.2 Å². The minimum Gasteiger partial charge on any atom is -0.352 e. The van der Waals surface area contributed by atoms with E-state index in [1.165, 1.54) is 16.2 Å². The van der Waals surface area contributed by atoms with E-state index < -0.39 is 11.2 Å². The van der Waals surface area contributed by atoms with Gasteiger partial charge in [0.05, 0.1) is 0 Å². The molecule has 8 nitrogen and oxygen atoms in total. The summed E-state index contributed by atoms with van der Waals surface area (Å²) in [7, 11) is 2.96. The molecule has 0 bridgehead atoms. The van der Waals surface area contributed by atoms with Gasteiger partial charge in [0.2, 0.25) is 5.91 Å². The number of nitrogens with zero attached hydrogens (tertiary/aromatic N) is 4. The highest BCUT2D eigenvalue weighted by Crippen LogP contribution is 2.32.